The van der Waals surface area contributed by atoms with Gasteiger partial charge < -0.3 is 4.74 Å². The molecule has 0 atom stereocenters. The van der Waals surface area contributed by atoms with Crippen molar-refractivity contribution in [3.63, 3.8) is 0 Å². The van der Waals surface area contributed by atoms with Crippen LogP contribution in [0.5, 0.6) is 0 Å². The van der Waals surface area contributed by atoms with Gasteiger partial charge in [-0.05, 0) is 17.5 Å². The van der Waals surface area contributed by atoms with E-state index in [0.29, 0.717) is 17.2 Å². The lowest BCUT2D eigenvalue weighted by Crippen LogP contribution is -2.10. The highest BCUT2D eigenvalue weighted by molar-refractivity contribution is 7.99. The standard InChI is InChI=1S/C14H11F3N2OS2/c1-20-4-6-22-13-9(8-18)10(14(15,16)17)7-11(19-13)12-3-2-5-21-12/h2-3,5,7H,4,6H2,1H3. The molecule has 0 N–H and O–H groups in total. The van der Waals surface area contributed by atoms with Crippen molar-refractivity contribution in [1.29, 1.82) is 5.26 Å². The molecule has 0 unspecified atom stereocenters. The third-order valence-corrected chi connectivity index (χ3v) is 4.54. The highest BCUT2D eigenvalue weighted by Gasteiger charge is 2.36. The largest absolute Gasteiger partial charge is 0.417 e. The summed E-state index contributed by atoms with van der Waals surface area (Å²) in [7, 11) is 1.50. The zero-order valence-electron chi connectivity index (χ0n) is 11.5. The molecule has 22 heavy (non-hydrogen) atoms. The molecule has 0 fully saturated rings. The number of halogens is 3. The maximum Gasteiger partial charge on any atom is 0.417 e. The number of hydrogen-bond donors (Lipinski definition) is 0. The van der Waals surface area contributed by atoms with E-state index in [1.807, 2.05) is 0 Å². The van der Waals surface area contributed by atoms with Crippen LogP contribution in [-0.2, 0) is 10.9 Å². The number of aromatic nitrogens is 1. The average Bonchev–Trinajstić information content (AvgIpc) is 3.00. The van der Waals surface area contributed by atoms with Gasteiger partial charge in [-0.1, -0.05) is 6.07 Å². The van der Waals surface area contributed by atoms with Crippen molar-refractivity contribution in [2.75, 3.05) is 19.5 Å². The molecule has 2 aromatic rings. The van der Waals surface area contributed by atoms with Crippen LogP contribution in [0, 0.1) is 11.3 Å². The molecule has 0 aliphatic heterocycles. The smallest absolute Gasteiger partial charge is 0.384 e. The molecule has 2 aromatic heterocycles. The van der Waals surface area contributed by atoms with Crippen molar-refractivity contribution in [3.8, 4) is 16.6 Å². The number of ether oxygens (including phenoxy) is 1. The van der Waals surface area contributed by atoms with Crippen molar-refractivity contribution in [2.45, 2.75) is 11.2 Å². The normalized spacial score (nSPS) is 11.4. The van der Waals surface area contributed by atoms with Gasteiger partial charge in [0.2, 0.25) is 0 Å². The second-order valence-electron chi connectivity index (χ2n) is 4.16. The molecule has 0 aliphatic rings. The topological polar surface area (TPSA) is 45.9 Å². The van der Waals surface area contributed by atoms with Gasteiger partial charge in [-0.15, -0.1) is 23.1 Å². The van der Waals surface area contributed by atoms with Crippen molar-refractivity contribution >= 4 is 23.1 Å². The Balaban J connectivity index is 2.54. The molecule has 0 saturated carbocycles. The predicted molar refractivity (Wildman–Crippen MR) is 79.9 cm³/mol. The summed E-state index contributed by atoms with van der Waals surface area (Å²) in [6.07, 6.45) is -4.60. The lowest BCUT2D eigenvalue weighted by atomic mass is 10.1. The summed E-state index contributed by atoms with van der Waals surface area (Å²) in [6, 6.07) is 6.00. The Morgan fingerprint density at radius 3 is 2.77 bits per heavy atom. The fourth-order valence-corrected chi connectivity index (χ4v) is 3.32. The van der Waals surface area contributed by atoms with E-state index in [0.717, 1.165) is 17.8 Å². The second kappa shape index (κ2) is 7.13. The molecule has 0 bridgehead atoms. The van der Waals surface area contributed by atoms with Crippen LogP contribution in [0.2, 0.25) is 0 Å². The van der Waals surface area contributed by atoms with E-state index in [4.69, 9.17) is 10.00 Å². The molecule has 8 heteroatoms. The van der Waals surface area contributed by atoms with Crippen LogP contribution in [0.3, 0.4) is 0 Å². The Morgan fingerprint density at radius 1 is 1.45 bits per heavy atom. The fourth-order valence-electron chi connectivity index (χ4n) is 1.73. The Bertz CT molecular complexity index is 679. The molecule has 2 heterocycles. The zero-order chi connectivity index (χ0) is 16.2. The van der Waals surface area contributed by atoms with Gasteiger partial charge in [0.1, 0.15) is 11.1 Å². The maximum atomic E-state index is 13.2. The lowest BCUT2D eigenvalue weighted by Gasteiger charge is -2.13. The molecular weight excluding hydrogens is 333 g/mol. The zero-order valence-corrected chi connectivity index (χ0v) is 13.1. The van der Waals surface area contributed by atoms with E-state index >= 15 is 0 Å². The number of alkyl halides is 3. The van der Waals surface area contributed by atoms with Gasteiger partial charge in [0.15, 0.2) is 0 Å². The molecule has 116 valence electrons. The summed E-state index contributed by atoms with van der Waals surface area (Å²) >= 11 is 2.38. The number of nitrogens with zero attached hydrogens (tertiary/aromatic N) is 2. The van der Waals surface area contributed by atoms with Crippen molar-refractivity contribution in [2.24, 2.45) is 0 Å². The molecular formula is C14H11F3N2OS2. The highest BCUT2D eigenvalue weighted by atomic mass is 32.2. The third-order valence-electron chi connectivity index (χ3n) is 2.70. The molecule has 0 aliphatic carbocycles. The Morgan fingerprint density at radius 2 is 2.23 bits per heavy atom. The van der Waals surface area contributed by atoms with E-state index in [1.54, 1.807) is 23.6 Å². The number of nitriles is 1. The molecule has 0 spiro atoms. The van der Waals surface area contributed by atoms with E-state index in [2.05, 4.69) is 4.98 Å². The first-order chi connectivity index (χ1) is 10.5. The van der Waals surface area contributed by atoms with Crippen LogP contribution < -0.4 is 0 Å². The van der Waals surface area contributed by atoms with Gasteiger partial charge in [0.25, 0.3) is 0 Å². The number of methoxy groups -OCH3 is 1. The Kier molecular flexibility index (Phi) is 5.45. The molecule has 2 rings (SSSR count). The number of rotatable bonds is 5. The van der Waals surface area contributed by atoms with Crippen LogP contribution in [0.15, 0.2) is 28.6 Å². The van der Waals surface area contributed by atoms with Gasteiger partial charge in [-0.2, -0.15) is 18.4 Å². The molecule has 0 saturated heterocycles. The summed E-state index contributed by atoms with van der Waals surface area (Å²) in [4.78, 5) is 4.86. The molecule has 3 nitrogen and oxygen atoms in total. The van der Waals surface area contributed by atoms with Gasteiger partial charge in [0.05, 0.1) is 28.3 Å². The van der Waals surface area contributed by atoms with Gasteiger partial charge in [-0.3, -0.25) is 0 Å². The summed E-state index contributed by atoms with van der Waals surface area (Å²) < 4.78 is 44.5. The fraction of sp³-hybridized carbons (Fsp3) is 0.286. The Labute approximate surface area is 133 Å². The minimum Gasteiger partial charge on any atom is -0.384 e. The van der Waals surface area contributed by atoms with Crippen LogP contribution in [0.25, 0.3) is 10.6 Å². The van der Waals surface area contributed by atoms with Gasteiger partial charge >= 0.3 is 6.18 Å². The van der Waals surface area contributed by atoms with E-state index in [1.165, 1.54) is 18.4 Å². The summed E-state index contributed by atoms with van der Waals surface area (Å²) in [5, 5.41) is 11.0. The van der Waals surface area contributed by atoms with Crippen LogP contribution in [0.4, 0.5) is 13.2 Å². The summed E-state index contributed by atoms with van der Waals surface area (Å²) in [5.74, 6) is 0.420. The number of thiophene rings is 1. The lowest BCUT2D eigenvalue weighted by molar-refractivity contribution is -0.138. The maximum absolute atomic E-state index is 13.2. The molecule has 0 aromatic carbocycles. The first-order valence-electron chi connectivity index (χ1n) is 6.15. The van der Waals surface area contributed by atoms with Gasteiger partial charge in [0, 0.05) is 12.9 Å². The number of thioether (sulfide) groups is 1. The minimum absolute atomic E-state index is 0.0813. The summed E-state index contributed by atoms with van der Waals surface area (Å²) in [5.41, 5.74) is -1.16. The van der Waals surface area contributed by atoms with E-state index < -0.39 is 17.3 Å². The van der Waals surface area contributed by atoms with Crippen molar-refractivity contribution < 1.29 is 17.9 Å². The van der Waals surface area contributed by atoms with Crippen molar-refractivity contribution in [1.82, 2.24) is 4.98 Å². The minimum atomic E-state index is -4.60. The van der Waals surface area contributed by atoms with Gasteiger partial charge in [-0.25, -0.2) is 4.98 Å². The monoisotopic (exact) mass is 344 g/mol. The summed E-state index contributed by atoms with van der Waals surface area (Å²) in [6.45, 7) is 0.363. The van der Waals surface area contributed by atoms with Crippen LogP contribution >= 0.6 is 23.1 Å². The van der Waals surface area contributed by atoms with E-state index in [9.17, 15) is 13.2 Å². The van der Waals surface area contributed by atoms with Crippen LogP contribution in [0.1, 0.15) is 11.1 Å². The highest BCUT2D eigenvalue weighted by Crippen LogP contribution is 2.38. The predicted octanol–water partition coefficient (Wildman–Crippen LogP) is 4.44. The van der Waals surface area contributed by atoms with Crippen LogP contribution in [-0.4, -0.2) is 24.5 Å². The van der Waals surface area contributed by atoms with Crippen molar-refractivity contribution in [3.05, 3.63) is 34.7 Å². The molecule has 0 amide bonds. The first-order valence-corrected chi connectivity index (χ1v) is 8.02. The third kappa shape index (κ3) is 3.80. The quantitative estimate of drug-likeness (QED) is 0.594. The first kappa shape index (κ1) is 16.8. The number of pyridine rings is 1. The Hall–Kier alpha value is -1.56. The van der Waals surface area contributed by atoms with E-state index in [-0.39, 0.29) is 10.7 Å². The second-order valence-corrected chi connectivity index (χ2v) is 6.19. The molecule has 0 radical (unpaired) electrons. The SMILES string of the molecule is COCCSc1nc(-c2cccs2)cc(C(F)(F)F)c1C#N. The number of hydrogen-bond acceptors (Lipinski definition) is 5. The average molecular weight is 344 g/mol.